The van der Waals surface area contributed by atoms with E-state index in [0.717, 1.165) is 17.4 Å². The third kappa shape index (κ3) is 1.49. The van der Waals surface area contributed by atoms with Gasteiger partial charge in [-0.25, -0.2) is 0 Å². The van der Waals surface area contributed by atoms with E-state index in [1.807, 2.05) is 6.92 Å². The van der Waals surface area contributed by atoms with Crippen LogP contribution in [0.2, 0.25) is 0 Å². The summed E-state index contributed by atoms with van der Waals surface area (Å²) in [6.07, 6.45) is 0.912. The van der Waals surface area contributed by atoms with E-state index in [4.69, 9.17) is 4.65 Å². The highest BCUT2D eigenvalue weighted by molar-refractivity contribution is 6.61. The Morgan fingerprint density at radius 3 is 2.92 bits per heavy atom. The van der Waals surface area contributed by atoms with Crippen LogP contribution in [0.4, 0.5) is 0 Å². The Kier molecular flexibility index (Phi) is 2.14. The first-order valence-corrected chi connectivity index (χ1v) is 4.58. The van der Waals surface area contributed by atoms with Gasteiger partial charge in [0.1, 0.15) is 0 Å². The SMILES string of the molecule is Cc1cc(C)c2c(c1)CCOB2O. The Bertz CT molecular complexity index is 336. The van der Waals surface area contributed by atoms with Crippen molar-refractivity contribution in [3.8, 4) is 0 Å². The van der Waals surface area contributed by atoms with Crippen LogP contribution in [0.3, 0.4) is 0 Å². The lowest BCUT2D eigenvalue weighted by Gasteiger charge is -2.21. The molecule has 68 valence electrons. The Morgan fingerprint density at radius 1 is 1.38 bits per heavy atom. The van der Waals surface area contributed by atoms with Gasteiger partial charge in [0.2, 0.25) is 0 Å². The Morgan fingerprint density at radius 2 is 2.15 bits per heavy atom. The first-order chi connectivity index (χ1) is 6.18. The molecule has 3 heteroatoms. The quantitative estimate of drug-likeness (QED) is 0.585. The van der Waals surface area contributed by atoms with Crippen molar-refractivity contribution in [3.63, 3.8) is 0 Å². The third-order valence-electron chi connectivity index (χ3n) is 2.51. The molecule has 1 aromatic carbocycles. The van der Waals surface area contributed by atoms with E-state index in [9.17, 15) is 5.02 Å². The first kappa shape index (κ1) is 8.79. The maximum Gasteiger partial charge on any atom is 0.491 e. The van der Waals surface area contributed by atoms with Gasteiger partial charge in [0.15, 0.2) is 0 Å². The maximum absolute atomic E-state index is 9.61. The average Bonchev–Trinajstić information content (AvgIpc) is 2.02. The fourth-order valence-corrected chi connectivity index (χ4v) is 1.99. The van der Waals surface area contributed by atoms with Crippen molar-refractivity contribution in [3.05, 3.63) is 28.8 Å². The summed E-state index contributed by atoms with van der Waals surface area (Å²) in [5.74, 6) is 0. The van der Waals surface area contributed by atoms with Gasteiger partial charge in [-0.2, -0.15) is 0 Å². The number of benzene rings is 1. The van der Waals surface area contributed by atoms with Crippen molar-refractivity contribution in [2.75, 3.05) is 6.61 Å². The lowest BCUT2D eigenvalue weighted by molar-refractivity contribution is 0.266. The highest BCUT2D eigenvalue weighted by atomic mass is 16.5. The van der Waals surface area contributed by atoms with Crippen LogP contribution < -0.4 is 5.46 Å². The van der Waals surface area contributed by atoms with Gasteiger partial charge >= 0.3 is 7.12 Å². The van der Waals surface area contributed by atoms with Crippen LogP contribution in [0, 0.1) is 13.8 Å². The minimum Gasteiger partial charge on any atom is -0.423 e. The van der Waals surface area contributed by atoms with Crippen molar-refractivity contribution in [2.45, 2.75) is 20.3 Å². The van der Waals surface area contributed by atoms with Gasteiger partial charge < -0.3 is 9.68 Å². The highest BCUT2D eigenvalue weighted by Gasteiger charge is 2.26. The second-order valence-corrected chi connectivity index (χ2v) is 3.63. The molecular formula is C10H13BO2. The number of hydrogen-bond acceptors (Lipinski definition) is 2. The Balaban J connectivity index is 2.56. The van der Waals surface area contributed by atoms with Crippen molar-refractivity contribution < 1.29 is 9.68 Å². The van der Waals surface area contributed by atoms with Crippen LogP contribution in [0.5, 0.6) is 0 Å². The van der Waals surface area contributed by atoms with Crippen LogP contribution in [-0.4, -0.2) is 18.7 Å². The zero-order chi connectivity index (χ0) is 9.42. The fourth-order valence-electron chi connectivity index (χ4n) is 1.99. The van der Waals surface area contributed by atoms with Gasteiger partial charge in [-0.1, -0.05) is 23.3 Å². The minimum atomic E-state index is -0.718. The summed E-state index contributed by atoms with van der Waals surface area (Å²) in [4.78, 5) is 0. The van der Waals surface area contributed by atoms with Gasteiger partial charge in [0, 0.05) is 6.61 Å². The molecule has 0 unspecified atom stereocenters. The van der Waals surface area contributed by atoms with Crippen LogP contribution in [0.25, 0.3) is 0 Å². The summed E-state index contributed by atoms with van der Waals surface area (Å²) in [6, 6.07) is 4.21. The summed E-state index contributed by atoms with van der Waals surface area (Å²) in [6.45, 7) is 4.72. The van der Waals surface area contributed by atoms with E-state index in [1.54, 1.807) is 0 Å². The summed E-state index contributed by atoms with van der Waals surface area (Å²) in [5, 5.41) is 9.61. The van der Waals surface area contributed by atoms with Crippen LogP contribution >= 0.6 is 0 Å². The molecule has 0 saturated carbocycles. The molecule has 0 fully saturated rings. The molecule has 1 N–H and O–H groups in total. The molecule has 2 nitrogen and oxygen atoms in total. The van der Waals surface area contributed by atoms with Crippen molar-refractivity contribution >= 4 is 12.6 Å². The van der Waals surface area contributed by atoms with Crippen LogP contribution in [0.1, 0.15) is 16.7 Å². The molecule has 13 heavy (non-hydrogen) atoms. The van der Waals surface area contributed by atoms with E-state index in [-0.39, 0.29) is 0 Å². The maximum atomic E-state index is 9.61. The Labute approximate surface area is 78.7 Å². The van der Waals surface area contributed by atoms with E-state index in [0.29, 0.717) is 6.61 Å². The number of fused-ring (bicyclic) bond motifs is 1. The van der Waals surface area contributed by atoms with Gasteiger partial charge in [0.05, 0.1) is 0 Å². The van der Waals surface area contributed by atoms with Crippen LogP contribution in [-0.2, 0) is 11.1 Å². The monoisotopic (exact) mass is 176 g/mol. The molecule has 0 spiro atoms. The van der Waals surface area contributed by atoms with E-state index in [1.165, 1.54) is 11.1 Å². The topological polar surface area (TPSA) is 29.5 Å². The average molecular weight is 176 g/mol. The molecule has 1 heterocycles. The van der Waals surface area contributed by atoms with Crippen molar-refractivity contribution in [1.82, 2.24) is 0 Å². The molecule has 0 radical (unpaired) electrons. The summed E-state index contributed by atoms with van der Waals surface area (Å²) in [5.41, 5.74) is 4.58. The lowest BCUT2D eigenvalue weighted by atomic mass is 9.70. The second kappa shape index (κ2) is 3.16. The standard InChI is InChI=1S/C10H13BO2/c1-7-5-8(2)10-9(6-7)3-4-13-11(10)12/h5-6,12H,3-4H2,1-2H3. The minimum absolute atomic E-state index is 0.622. The molecule has 0 aliphatic carbocycles. The zero-order valence-corrected chi connectivity index (χ0v) is 8.00. The fraction of sp³-hybridized carbons (Fsp3) is 0.400. The number of aryl methyl sites for hydroxylation is 2. The predicted molar refractivity (Wildman–Crippen MR) is 53.2 cm³/mol. The second-order valence-electron chi connectivity index (χ2n) is 3.63. The van der Waals surface area contributed by atoms with E-state index in [2.05, 4.69) is 19.1 Å². The lowest BCUT2D eigenvalue weighted by Crippen LogP contribution is -2.42. The van der Waals surface area contributed by atoms with Crippen LogP contribution in [0.15, 0.2) is 12.1 Å². The summed E-state index contributed by atoms with van der Waals surface area (Å²) >= 11 is 0. The molecule has 2 rings (SSSR count). The molecule has 0 atom stereocenters. The number of rotatable bonds is 0. The summed E-state index contributed by atoms with van der Waals surface area (Å²) < 4.78 is 5.18. The van der Waals surface area contributed by atoms with Crippen molar-refractivity contribution in [2.24, 2.45) is 0 Å². The molecular weight excluding hydrogens is 163 g/mol. The Hall–Kier alpha value is -0.795. The molecule has 1 aromatic rings. The van der Waals surface area contributed by atoms with Gasteiger partial charge in [-0.3, -0.25) is 0 Å². The molecule has 0 bridgehead atoms. The normalized spacial score (nSPS) is 15.8. The summed E-state index contributed by atoms with van der Waals surface area (Å²) in [7, 11) is -0.718. The molecule has 1 aliphatic heterocycles. The molecule has 1 aliphatic rings. The van der Waals surface area contributed by atoms with Gasteiger partial charge in [0.25, 0.3) is 0 Å². The van der Waals surface area contributed by atoms with Gasteiger partial charge in [-0.05, 0) is 31.3 Å². The smallest absolute Gasteiger partial charge is 0.423 e. The largest absolute Gasteiger partial charge is 0.491 e. The van der Waals surface area contributed by atoms with E-state index < -0.39 is 7.12 Å². The van der Waals surface area contributed by atoms with Crippen molar-refractivity contribution in [1.29, 1.82) is 0 Å². The van der Waals surface area contributed by atoms with Gasteiger partial charge in [-0.15, -0.1) is 0 Å². The highest BCUT2D eigenvalue weighted by Crippen LogP contribution is 2.12. The molecule has 0 aromatic heterocycles. The predicted octanol–water partition coefficient (Wildman–Crippen LogP) is 0.564. The third-order valence-corrected chi connectivity index (χ3v) is 2.51. The molecule has 0 saturated heterocycles. The number of hydrogen-bond donors (Lipinski definition) is 1. The van der Waals surface area contributed by atoms with E-state index >= 15 is 0 Å². The zero-order valence-electron chi connectivity index (χ0n) is 8.00. The molecule has 0 amide bonds. The first-order valence-electron chi connectivity index (χ1n) is 4.58.